The number of benzene rings is 1. The van der Waals surface area contributed by atoms with Crippen molar-refractivity contribution in [2.45, 2.75) is 31.8 Å². The number of nitrogens with one attached hydrogen (secondary N) is 1. The fourth-order valence-electron chi connectivity index (χ4n) is 2.67. The molecule has 0 aromatic heterocycles. The fourth-order valence-corrected chi connectivity index (χ4v) is 2.67. The molecule has 0 aliphatic heterocycles. The minimum absolute atomic E-state index is 0.0841. The van der Waals surface area contributed by atoms with Crippen LogP contribution in [0.15, 0.2) is 24.3 Å². The molecule has 102 valence electrons. The Kier molecular flexibility index (Phi) is 3.74. The second-order valence-electron chi connectivity index (χ2n) is 4.93. The van der Waals surface area contributed by atoms with Crippen LogP contribution < -0.4 is 11.1 Å². The number of amides is 3. The van der Waals surface area contributed by atoms with Gasteiger partial charge in [-0.3, -0.25) is 4.79 Å². The van der Waals surface area contributed by atoms with Crippen molar-refractivity contribution in [3.8, 4) is 0 Å². The first-order chi connectivity index (χ1) is 9.00. The van der Waals surface area contributed by atoms with Gasteiger partial charge in [-0.1, -0.05) is 24.3 Å². The minimum Gasteiger partial charge on any atom is -0.352 e. The van der Waals surface area contributed by atoms with E-state index in [0.717, 1.165) is 12.8 Å². The third kappa shape index (κ3) is 2.70. The Balaban J connectivity index is 2.11. The number of fused-ring (bicyclic) bond motifs is 1. The van der Waals surface area contributed by atoms with Gasteiger partial charge in [0.15, 0.2) is 0 Å². The second kappa shape index (κ2) is 5.30. The van der Waals surface area contributed by atoms with E-state index >= 15 is 0 Å². The first-order valence-corrected chi connectivity index (χ1v) is 6.41. The van der Waals surface area contributed by atoms with Crippen LogP contribution in [-0.4, -0.2) is 29.9 Å². The summed E-state index contributed by atoms with van der Waals surface area (Å²) in [5, 5.41) is 2.42. The van der Waals surface area contributed by atoms with Gasteiger partial charge in [0, 0.05) is 7.05 Å². The van der Waals surface area contributed by atoms with Crippen LogP contribution in [0.4, 0.5) is 4.79 Å². The normalized spacial score (nSPS) is 18.5. The van der Waals surface area contributed by atoms with Crippen molar-refractivity contribution in [2.75, 3.05) is 7.05 Å². The Morgan fingerprint density at radius 3 is 2.79 bits per heavy atom. The quantitative estimate of drug-likeness (QED) is 0.857. The molecule has 2 unspecified atom stereocenters. The smallest absolute Gasteiger partial charge is 0.312 e. The summed E-state index contributed by atoms with van der Waals surface area (Å²) in [4.78, 5) is 24.7. The maximum absolute atomic E-state index is 12.2. The molecule has 3 N–H and O–H groups in total. The molecule has 2 rings (SSSR count). The monoisotopic (exact) mass is 261 g/mol. The molecule has 2 atom stereocenters. The van der Waals surface area contributed by atoms with Gasteiger partial charge in [0.25, 0.3) is 0 Å². The van der Waals surface area contributed by atoms with E-state index in [4.69, 9.17) is 5.73 Å². The predicted molar refractivity (Wildman–Crippen MR) is 72.5 cm³/mol. The van der Waals surface area contributed by atoms with E-state index in [2.05, 4.69) is 17.4 Å². The van der Waals surface area contributed by atoms with Crippen molar-refractivity contribution in [3.05, 3.63) is 35.4 Å². The molecule has 0 bridgehead atoms. The van der Waals surface area contributed by atoms with Crippen LogP contribution in [0.3, 0.4) is 0 Å². The summed E-state index contributed by atoms with van der Waals surface area (Å²) in [6.07, 6.45) is 1.90. The minimum atomic E-state index is -0.680. The van der Waals surface area contributed by atoms with Crippen molar-refractivity contribution in [2.24, 2.45) is 5.73 Å². The number of nitrogens with zero attached hydrogens (tertiary/aromatic N) is 1. The number of likely N-dealkylation sites (N-methyl/N-ethyl adjacent to an activating group) is 1. The van der Waals surface area contributed by atoms with Crippen LogP contribution in [0.5, 0.6) is 0 Å². The van der Waals surface area contributed by atoms with Gasteiger partial charge in [-0.25, -0.2) is 4.79 Å². The maximum atomic E-state index is 12.2. The van der Waals surface area contributed by atoms with E-state index in [1.54, 1.807) is 18.9 Å². The molecular weight excluding hydrogens is 242 g/mol. The first-order valence-electron chi connectivity index (χ1n) is 6.41. The van der Waals surface area contributed by atoms with E-state index in [1.807, 2.05) is 12.1 Å². The molecule has 0 saturated carbocycles. The van der Waals surface area contributed by atoms with Crippen LogP contribution in [-0.2, 0) is 11.2 Å². The molecule has 19 heavy (non-hydrogen) atoms. The van der Waals surface area contributed by atoms with Crippen molar-refractivity contribution in [1.29, 1.82) is 0 Å². The van der Waals surface area contributed by atoms with Gasteiger partial charge < -0.3 is 16.0 Å². The zero-order valence-corrected chi connectivity index (χ0v) is 11.2. The summed E-state index contributed by atoms with van der Waals surface area (Å²) >= 11 is 0. The number of carbonyl (C=O) groups is 2. The number of carbonyl (C=O) groups excluding carboxylic acids is 2. The Morgan fingerprint density at radius 2 is 2.11 bits per heavy atom. The SMILES string of the molecule is CC(NC(N)=O)C(=O)N(C)C1CCc2ccccc21. The average molecular weight is 261 g/mol. The van der Waals surface area contributed by atoms with Gasteiger partial charge in [0.05, 0.1) is 6.04 Å². The summed E-state index contributed by atoms with van der Waals surface area (Å²) in [6, 6.07) is 6.96. The van der Waals surface area contributed by atoms with E-state index in [-0.39, 0.29) is 11.9 Å². The number of rotatable bonds is 3. The van der Waals surface area contributed by atoms with E-state index in [1.165, 1.54) is 11.1 Å². The lowest BCUT2D eigenvalue weighted by Crippen LogP contribution is -2.48. The van der Waals surface area contributed by atoms with Crippen molar-refractivity contribution in [3.63, 3.8) is 0 Å². The Morgan fingerprint density at radius 1 is 1.42 bits per heavy atom. The zero-order valence-electron chi connectivity index (χ0n) is 11.2. The number of aryl methyl sites for hydroxylation is 1. The molecule has 0 spiro atoms. The van der Waals surface area contributed by atoms with Crippen LogP contribution in [0.25, 0.3) is 0 Å². The van der Waals surface area contributed by atoms with E-state index in [9.17, 15) is 9.59 Å². The second-order valence-corrected chi connectivity index (χ2v) is 4.93. The van der Waals surface area contributed by atoms with Gasteiger partial charge in [-0.15, -0.1) is 0 Å². The van der Waals surface area contributed by atoms with Crippen LogP contribution >= 0.6 is 0 Å². The molecular formula is C14H19N3O2. The molecule has 5 nitrogen and oxygen atoms in total. The lowest BCUT2D eigenvalue weighted by atomic mass is 10.1. The number of urea groups is 1. The number of primary amides is 1. The molecule has 3 amide bonds. The van der Waals surface area contributed by atoms with Gasteiger partial charge in [0.1, 0.15) is 6.04 Å². The summed E-state index contributed by atoms with van der Waals surface area (Å²) in [6.45, 7) is 1.64. The van der Waals surface area contributed by atoms with Crippen LogP contribution in [0.1, 0.15) is 30.5 Å². The Hall–Kier alpha value is -2.04. The highest BCUT2D eigenvalue weighted by atomic mass is 16.2. The number of nitrogens with two attached hydrogens (primary N) is 1. The molecule has 0 heterocycles. The third-order valence-corrected chi connectivity index (χ3v) is 3.65. The molecule has 0 fully saturated rings. The molecule has 1 aliphatic carbocycles. The van der Waals surface area contributed by atoms with Gasteiger partial charge >= 0.3 is 6.03 Å². The summed E-state index contributed by atoms with van der Waals surface area (Å²) in [5.41, 5.74) is 7.53. The van der Waals surface area contributed by atoms with Crippen molar-refractivity contribution in [1.82, 2.24) is 10.2 Å². The lowest BCUT2D eigenvalue weighted by molar-refractivity contribution is -0.133. The van der Waals surface area contributed by atoms with Crippen molar-refractivity contribution < 1.29 is 9.59 Å². The fraction of sp³-hybridized carbons (Fsp3) is 0.429. The van der Waals surface area contributed by atoms with Crippen molar-refractivity contribution >= 4 is 11.9 Å². The highest BCUT2D eigenvalue weighted by Crippen LogP contribution is 2.34. The Labute approximate surface area is 112 Å². The first kappa shape index (κ1) is 13.4. The van der Waals surface area contributed by atoms with Crippen LogP contribution in [0.2, 0.25) is 0 Å². The van der Waals surface area contributed by atoms with E-state index in [0.29, 0.717) is 0 Å². The largest absolute Gasteiger partial charge is 0.352 e. The van der Waals surface area contributed by atoms with Crippen LogP contribution in [0, 0.1) is 0 Å². The molecule has 0 radical (unpaired) electrons. The Bertz CT molecular complexity index is 501. The summed E-state index contributed by atoms with van der Waals surface area (Å²) < 4.78 is 0. The number of hydrogen-bond acceptors (Lipinski definition) is 2. The molecule has 0 saturated heterocycles. The molecule has 1 aromatic rings. The number of hydrogen-bond donors (Lipinski definition) is 2. The van der Waals surface area contributed by atoms with E-state index < -0.39 is 12.1 Å². The highest BCUT2D eigenvalue weighted by molar-refractivity contribution is 5.86. The van der Waals surface area contributed by atoms with Gasteiger partial charge in [-0.2, -0.15) is 0 Å². The van der Waals surface area contributed by atoms with Gasteiger partial charge in [-0.05, 0) is 30.9 Å². The maximum Gasteiger partial charge on any atom is 0.312 e. The highest BCUT2D eigenvalue weighted by Gasteiger charge is 2.30. The zero-order chi connectivity index (χ0) is 14.0. The third-order valence-electron chi connectivity index (χ3n) is 3.65. The lowest BCUT2D eigenvalue weighted by Gasteiger charge is -2.28. The molecule has 5 heteroatoms. The molecule has 1 aromatic carbocycles. The molecule has 1 aliphatic rings. The topological polar surface area (TPSA) is 75.4 Å². The average Bonchev–Trinajstić information content (AvgIpc) is 2.80. The van der Waals surface area contributed by atoms with Gasteiger partial charge in [0.2, 0.25) is 5.91 Å². The summed E-state index contributed by atoms with van der Waals surface area (Å²) in [5.74, 6) is -0.125. The predicted octanol–water partition coefficient (Wildman–Crippen LogP) is 1.19. The summed E-state index contributed by atoms with van der Waals surface area (Å²) in [7, 11) is 1.77. The standard InChI is InChI=1S/C14H19N3O2/c1-9(16-14(15)19)13(18)17(2)12-8-7-10-5-3-4-6-11(10)12/h3-6,9,12H,7-8H2,1-2H3,(H3,15,16,19).